The second kappa shape index (κ2) is 10.9. The van der Waals surface area contributed by atoms with E-state index in [1.165, 1.54) is 4.90 Å². The van der Waals surface area contributed by atoms with E-state index in [9.17, 15) is 19.8 Å². The van der Waals surface area contributed by atoms with E-state index >= 15 is 0 Å². The molecule has 0 aliphatic carbocycles. The molecule has 1 aromatic carbocycles. The van der Waals surface area contributed by atoms with Crippen LogP contribution in [-0.4, -0.2) is 106 Å². The average molecular weight is 457 g/mol. The molecule has 3 heterocycles. The van der Waals surface area contributed by atoms with Crippen molar-refractivity contribution < 1.29 is 24.5 Å². The number of pyridine rings is 1. The maximum atomic E-state index is 12.7. The summed E-state index contributed by atoms with van der Waals surface area (Å²) in [5, 5.41) is 20.8. The van der Waals surface area contributed by atoms with Crippen LogP contribution in [0.3, 0.4) is 0 Å². The highest BCUT2D eigenvalue weighted by Crippen LogP contribution is 2.24. The fourth-order valence-electron chi connectivity index (χ4n) is 4.64. The van der Waals surface area contributed by atoms with Crippen molar-refractivity contribution in [2.45, 2.75) is 31.4 Å². The Balaban J connectivity index is 1.20. The lowest BCUT2D eigenvalue weighted by molar-refractivity contribution is -0.152. The third kappa shape index (κ3) is 5.98. The van der Waals surface area contributed by atoms with Gasteiger partial charge in [0.25, 0.3) is 0 Å². The van der Waals surface area contributed by atoms with Gasteiger partial charge in [0.2, 0.25) is 5.91 Å². The Morgan fingerprint density at radius 3 is 2.64 bits per heavy atom. The smallest absolute Gasteiger partial charge is 0.326 e. The topological polar surface area (TPSA) is 106 Å². The first-order valence-corrected chi connectivity index (χ1v) is 11.6. The van der Waals surface area contributed by atoms with Crippen LogP contribution >= 0.6 is 0 Å². The van der Waals surface area contributed by atoms with E-state index in [-0.39, 0.29) is 19.1 Å². The summed E-state index contributed by atoms with van der Waals surface area (Å²) in [6.07, 6.45) is 3.35. The minimum absolute atomic E-state index is 0.103. The van der Waals surface area contributed by atoms with Gasteiger partial charge in [0.1, 0.15) is 24.5 Å². The van der Waals surface area contributed by atoms with Crippen LogP contribution in [0.25, 0.3) is 10.9 Å². The zero-order valence-electron chi connectivity index (χ0n) is 18.8. The average Bonchev–Trinajstić information content (AvgIpc) is 2.84. The van der Waals surface area contributed by atoms with Gasteiger partial charge < -0.3 is 19.8 Å². The number of aromatic nitrogens is 1. The van der Waals surface area contributed by atoms with Crippen LogP contribution in [0.5, 0.6) is 5.75 Å². The first kappa shape index (κ1) is 23.4. The lowest BCUT2D eigenvalue weighted by Crippen LogP contribution is -2.54. The molecule has 1 aromatic heterocycles. The summed E-state index contributed by atoms with van der Waals surface area (Å²) in [5.74, 6) is -0.308. The number of carboxylic acid groups (broad SMARTS) is 1. The number of nitrogens with zero attached hydrogens (tertiary/aromatic N) is 4. The number of piperidine rings is 1. The van der Waals surface area contributed by atoms with Gasteiger partial charge in [0.15, 0.2) is 0 Å². The largest absolute Gasteiger partial charge is 0.490 e. The Bertz CT molecular complexity index is 958. The number of rotatable bonds is 8. The van der Waals surface area contributed by atoms with E-state index in [1.54, 1.807) is 6.20 Å². The predicted octanol–water partition coefficient (Wildman–Crippen LogP) is 1.06. The van der Waals surface area contributed by atoms with E-state index in [4.69, 9.17) is 4.74 Å². The fourth-order valence-corrected chi connectivity index (χ4v) is 4.64. The van der Waals surface area contributed by atoms with Crippen molar-refractivity contribution in [3.05, 3.63) is 36.5 Å². The number of fused-ring (bicyclic) bond motifs is 1. The molecule has 0 radical (unpaired) electrons. The van der Waals surface area contributed by atoms with E-state index in [0.29, 0.717) is 38.3 Å². The van der Waals surface area contributed by atoms with Crippen LogP contribution in [0.15, 0.2) is 36.5 Å². The Morgan fingerprint density at radius 1 is 1.06 bits per heavy atom. The number of aliphatic carboxylic acids is 1. The van der Waals surface area contributed by atoms with Crippen molar-refractivity contribution in [3.63, 3.8) is 0 Å². The second-order valence-corrected chi connectivity index (χ2v) is 8.80. The first-order chi connectivity index (χ1) is 16.0. The van der Waals surface area contributed by atoms with Crippen LogP contribution in [0.4, 0.5) is 0 Å². The quantitative estimate of drug-likeness (QED) is 0.607. The van der Waals surface area contributed by atoms with E-state index in [1.807, 2.05) is 30.3 Å². The molecule has 1 amide bonds. The zero-order valence-corrected chi connectivity index (χ0v) is 18.8. The summed E-state index contributed by atoms with van der Waals surface area (Å²) in [6.45, 7) is 4.36. The summed E-state index contributed by atoms with van der Waals surface area (Å²) in [4.78, 5) is 34.3. The lowest BCUT2D eigenvalue weighted by atomic mass is 10.0. The molecule has 2 fully saturated rings. The highest BCUT2D eigenvalue weighted by molar-refractivity contribution is 5.85. The molecule has 9 heteroatoms. The fraction of sp³-hybridized carbons (Fsp3) is 0.542. The molecule has 0 spiro atoms. The maximum Gasteiger partial charge on any atom is 0.326 e. The van der Waals surface area contributed by atoms with Gasteiger partial charge in [-0.05, 0) is 43.5 Å². The summed E-state index contributed by atoms with van der Waals surface area (Å²) >= 11 is 0. The second-order valence-electron chi connectivity index (χ2n) is 8.80. The third-order valence-corrected chi connectivity index (χ3v) is 6.44. The normalized spacial score (nSPS) is 21.1. The predicted molar refractivity (Wildman–Crippen MR) is 123 cm³/mol. The molecule has 9 nitrogen and oxygen atoms in total. The summed E-state index contributed by atoms with van der Waals surface area (Å²) in [6, 6.07) is 8.82. The molecule has 2 aliphatic heterocycles. The SMILES string of the molecule is O=C(O)C1CCCCN1C(=O)CN1CCN(CC(O)COc2cccc3ncccc23)CC1. The number of benzene rings is 1. The molecule has 0 bridgehead atoms. The standard InChI is InChI=1S/C24H32N4O5/c29-18(17-33-22-8-3-6-20-19(22)5-4-9-25-20)15-26-11-13-27(14-12-26)16-23(30)28-10-2-1-7-21(28)24(31)32/h3-6,8-9,18,21,29H,1-2,7,10-17H2,(H,31,32). The minimum Gasteiger partial charge on any atom is -0.490 e. The Labute approximate surface area is 193 Å². The minimum atomic E-state index is -0.913. The number of carbonyl (C=O) groups excluding carboxylic acids is 1. The Morgan fingerprint density at radius 2 is 1.85 bits per heavy atom. The molecule has 2 atom stereocenters. The highest BCUT2D eigenvalue weighted by Gasteiger charge is 2.33. The maximum absolute atomic E-state index is 12.7. The number of β-amino-alcohol motifs (C(OH)–C–C–N with tert-alkyl or cyclic N) is 1. The number of ether oxygens (including phenoxy) is 1. The van der Waals surface area contributed by atoms with Gasteiger partial charge in [0.05, 0.1) is 12.1 Å². The molecule has 2 aromatic rings. The van der Waals surface area contributed by atoms with Gasteiger partial charge in [-0.1, -0.05) is 6.07 Å². The van der Waals surface area contributed by atoms with Crippen molar-refractivity contribution in [2.24, 2.45) is 0 Å². The highest BCUT2D eigenvalue weighted by atomic mass is 16.5. The molecule has 2 unspecified atom stereocenters. The van der Waals surface area contributed by atoms with Crippen molar-refractivity contribution in [3.8, 4) is 5.75 Å². The third-order valence-electron chi connectivity index (χ3n) is 6.44. The molecule has 178 valence electrons. The van der Waals surface area contributed by atoms with Gasteiger partial charge in [0, 0.05) is 50.9 Å². The van der Waals surface area contributed by atoms with Crippen molar-refractivity contribution in [2.75, 3.05) is 52.4 Å². The van der Waals surface area contributed by atoms with Gasteiger partial charge in [-0.15, -0.1) is 0 Å². The Kier molecular flexibility index (Phi) is 7.74. The van der Waals surface area contributed by atoms with E-state index < -0.39 is 18.1 Å². The molecule has 4 rings (SSSR count). The van der Waals surface area contributed by atoms with Crippen molar-refractivity contribution in [1.29, 1.82) is 0 Å². The number of carboxylic acids is 1. The molecular formula is C24H32N4O5. The van der Waals surface area contributed by atoms with Gasteiger partial charge in [-0.25, -0.2) is 4.79 Å². The summed E-state index contributed by atoms with van der Waals surface area (Å²) in [5.41, 5.74) is 0.856. The van der Waals surface area contributed by atoms with Crippen LogP contribution < -0.4 is 4.74 Å². The molecular weight excluding hydrogens is 424 g/mol. The summed E-state index contributed by atoms with van der Waals surface area (Å²) in [7, 11) is 0. The van der Waals surface area contributed by atoms with Gasteiger partial charge >= 0.3 is 5.97 Å². The number of hydrogen-bond acceptors (Lipinski definition) is 7. The number of amides is 1. The number of likely N-dealkylation sites (tertiary alicyclic amines) is 1. The molecule has 2 aliphatic rings. The lowest BCUT2D eigenvalue weighted by Gasteiger charge is -2.38. The molecule has 2 saturated heterocycles. The van der Waals surface area contributed by atoms with Gasteiger partial charge in [-0.2, -0.15) is 0 Å². The van der Waals surface area contributed by atoms with E-state index in [0.717, 1.165) is 36.8 Å². The first-order valence-electron chi connectivity index (χ1n) is 11.6. The van der Waals surface area contributed by atoms with Crippen molar-refractivity contribution in [1.82, 2.24) is 19.7 Å². The Hall–Kier alpha value is -2.75. The molecule has 33 heavy (non-hydrogen) atoms. The molecule has 0 saturated carbocycles. The van der Waals surface area contributed by atoms with Crippen LogP contribution in [0.2, 0.25) is 0 Å². The van der Waals surface area contributed by atoms with Crippen LogP contribution in [-0.2, 0) is 9.59 Å². The van der Waals surface area contributed by atoms with Crippen LogP contribution in [0.1, 0.15) is 19.3 Å². The van der Waals surface area contributed by atoms with Crippen LogP contribution in [0, 0.1) is 0 Å². The van der Waals surface area contributed by atoms with E-state index in [2.05, 4.69) is 14.8 Å². The number of hydrogen-bond donors (Lipinski definition) is 2. The number of aliphatic hydroxyl groups is 1. The zero-order chi connectivity index (χ0) is 23.2. The monoisotopic (exact) mass is 456 g/mol. The summed E-state index contributed by atoms with van der Waals surface area (Å²) < 4.78 is 5.87. The molecule has 2 N–H and O–H groups in total. The number of piperazine rings is 1. The number of carbonyl (C=O) groups is 2. The number of aliphatic hydroxyl groups excluding tert-OH is 1. The van der Waals surface area contributed by atoms with Gasteiger partial charge in [-0.3, -0.25) is 19.6 Å². The van der Waals surface area contributed by atoms with Crippen molar-refractivity contribution >= 4 is 22.8 Å².